The third-order valence-corrected chi connectivity index (χ3v) is 11.2. The van der Waals surface area contributed by atoms with Crippen LogP contribution in [-0.2, 0) is 32.6 Å². The van der Waals surface area contributed by atoms with Gasteiger partial charge in [-0.05, 0) is 61.7 Å². The van der Waals surface area contributed by atoms with Crippen molar-refractivity contribution in [1.29, 1.82) is 0 Å². The van der Waals surface area contributed by atoms with Gasteiger partial charge < -0.3 is 10.2 Å². The molecule has 7 nitrogen and oxygen atoms in total. The Morgan fingerprint density at radius 3 is 2.04 bits per heavy atom. The second kappa shape index (κ2) is 15.6. The number of anilines is 1. The Morgan fingerprint density at radius 1 is 0.809 bits per heavy atom. The molecule has 0 radical (unpaired) electrons. The molecule has 0 unspecified atom stereocenters. The van der Waals surface area contributed by atoms with E-state index in [0.717, 1.165) is 41.1 Å². The Morgan fingerprint density at radius 2 is 1.40 bits per heavy atom. The summed E-state index contributed by atoms with van der Waals surface area (Å²) in [6, 6.07) is 26.2. The minimum atomic E-state index is -4.29. The van der Waals surface area contributed by atoms with Crippen LogP contribution in [-0.4, -0.2) is 43.8 Å². The first-order valence-electron chi connectivity index (χ1n) is 15.4. The Hall–Kier alpha value is -3.56. The summed E-state index contributed by atoms with van der Waals surface area (Å²) in [5, 5.41) is 3.94. The van der Waals surface area contributed by atoms with Gasteiger partial charge >= 0.3 is 0 Å². The molecule has 47 heavy (non-hydrogen) atoms. The highest BCUT2D eigenvalue weighted by atomic mass is 35.5. The summed E-state index contributed by atoms with van der Waals surface area (Å²) >= 11 is 19.8. The number of para-hydroxylation sites is 1. The highest BCUT2D eigenvalue weighted by Gasteiger charge is 2.36. The lowest BCUT2D eigenvalue weighted by Crippen LogP contribution is -2.54. The van der Waals surface area contributed by atoms with Crippen LogP contribution in [0.25, 0.3) is 0 Å². The van der Waals surface area contributed by atoms with Gasteiger partial charge in [-0.2, -0.15) is 0 Å². The predicted octanol–water partition coefficient (Wildman–Crippen LogP) is 7.85. The van der Waals surface area contributed by atoms with Crippen molar-refractivity contribution in [3.63, 3.8) is 0 Å². The van der Waals surface area contributed by atoms with Gasteiger partial charge in [0.15, 0.2) is 0 Å². The van der Waals surface area contributed by atoms with Gasteiger partial charge in [-0.15, -0.1) is 0 Å². The zero-order valence-corrected chi connectivity index (χ0v) is 29.0. The monoisotopic (exact) mass is 711 g/mol. The van der Waals surface area contributed by atoms with E-state index in [1.807, 2.05) is 37.3 Å². The van der Waals surface area contributed by atoms with Gasteiger partial charge in [0.1, 0.15) is 12.6 Å². The molecule has 1 aliphatic carbocycles. The molecule has 246 valence electrons. The summed E-state index contributed by atoms with van der Waals surface area (Å²) < 4.78 is 29.4. The molecular weight excluding hydrogens is 677 g/mol. The van der Waals surface area contributed by atoms with Gasteiger partial charge in [-0.3, -0.25) is 13.9 Å². The van der Waals surface area contributed by atoms with Crippen molar-refractivity contribution in [2.45, 2.75) is 62.6 Å². The molecule has 0 aromatic heterocycles. The number of hydrogen-bond acceptors (Lipinski definition) is 4. The molecule has 0 aliphatic heterocycles. The van der Waals surface area contributed by atoms with E-state index in [1.54, 1.807) is 54.6 Å². The van der Waals surface area contributed by atoms with Crippen molar-refractivity contribution >= 4 is 62.3 Å². The summed E-state index contributed by atoms with van der Waals surface area (Å²) in [5.74, 6) is -0.956. The maximum Gasteiger partial charge on any atom is 0.264 e. The van der Waals surface area contributed by atoms with Crippen LogP contribution in [0.5, 0.6) is 0 Å². The fraction of sp³-hybridized carbons (Fsp3) is 0.278. The minimum Gasteiger partial charge on any atom is -0.352 e. The van der Waals surface area contributed by atoms with Crippen LogP contribution in [0.3, 0.4) is 0 Å². The first-order valence-corrected chi connectivity index (χ1v) is 18.0. The van der Waals surface area contributed by atoms with Crippen LogP contribution in [0.1, 0.15) is 42.4 Å². The van der Waals surface area contributed by atoms with Gasteiger partial charge in [0.05, 0.1) is 15.6 Å². The molecule has 0 spiro atoms. The molecule has 4 aromatic rings. The van der Waals surface area contributed by atoms with E-state index in [1.165, 1.54) is 17.0 Å². The summed E-state index contributed by atoms with van der Waals surface area (Å²) in [6.45, 7) is 1.09. The van der Waals surface area contributed by atoms with Crippen molar-refractivity contribution in [2.75, 3.05) is 10.8 Å². The minimum absolute atomic E-state index is 0.00340. The zero-order valence-electron chi connectivity index (χ0n) is 25.9. The Kier molecular flexibility index (Phi) is 11.5. The van der Waals surface area contributed by atoms with Gasteiger partial charge in [0.25, 0.3) is 10.0 Å². The zero-order chi connectivity index (χ0) is 33.6. The van der Waals surface area contributed by atoms with Crippen molar-refractivity contribution in [3.8, 4) is 0 Å². The molecule has 11 heteroatoms. The number of sulfonamides is 1. The largest absolute Gasteiger partial charge is 0.352 e. The molecular formula is C36H36Cl3N3O4S. The van der Waals surface area contributed by atoms with Crippen molar-refractivity contribution in [3.05, 3.63) is 129 Å². The lowest BCUT2D eigenvalue weighted by molar-refractivity contribution is -0.140. The average molecular weight is 713 g/mol. The number of hydrogen-bond donors (Lipinski definition) is 1. The normalized spacial score (nSPS) is 14.0. The lowest BCUT2D eigenvalue weighted by Gasteiger charge is -2.35. The number of rotatable bonds is 12. The molecule has 1 N–H and O–H groups in total. The quantitative estimate of drug-likeness (QED) is 0.162. The Balaban J connectivity index is 1.60. The van der Waals surface area contributed by atoms with Gasteiger partial charge in [0, 0.05) is 34.6 Å². The topological polar surface area (TPSA) is 86.8 Å². The van der Waals surface area contributed by atoms with E-state index in [9.17, 15) is 18.0 Å². The number of nitrogens with one attached hydrogen (secondary N) is 1. The fourth-order valence-corrected chi connectivity index (χ4v) is 8.02. The molecule has 1 saturated carbocycles. The van der Waals surface area contributed by atoms with E-state index in [2.05, 4.69) is 5.32 Å². The number of amides is 2. The van der Waals surface area contributed by atoms with E-state index in [4.69, 9.17) is 34.8 Å². The maximum absolute atomic E-state index is 14.7. The average Bonchev–Trinajstić information content (AvgIpc) is 3.57. The first-order chi connectivity index (χ1) is 22.5. The second-order valence-corrected chi connectivity index (χ2v) is 14.8. The van der Waals surface area contributed by atoms with E-state index in [-0.39, 0.29) is 40.5 Å². The highest BCUT2D eigenvalue weighted by molar-refractivity contribution is 7.92. The molecule has 4 aromatic carbocycles. The molecule has 0 heterocycles. The number of aryl methyl sites for hydroxylation is 1. The van der Waals surface area contributed by atoms with Crippen molar-refractivity contribution < 1.29 is 18.0 Å². The third-order valence-electron chi connectivity index (χ3n) is 8.37. The fourth-order valence-electron chi connectivity index (χ4n) is 5.78. The molecule has 0 saturated heterocycles. The molecule has 1 fully saturated rings. The SMILES string of the molecule is Cc1ccc(S(=O)(=O)N(CC(=O)N(Cc2c(Cl)cccc2Cl)[C@@H](Cc2ccccc2)C(=O)NC2CCCC2)c2ccccc2Cl)cc1. The molecule has 5 rings (SSSR count). The van der Waals surface area contributed by atoms with Crippen molar-refractivity contribution in [2.24, 2.45) is 0 Å². The summed E-state index contributed by atoms with van der Waals surface area (Å²) in [5.41, 5.74) is 2.29. The van der Waals surface area contributed by atoms with Crippen LogP contribution in [0, 0.1) is 6.92 Å². The number of nitrogens with zero attached hydrogens (tertiary/aromatic N) is 2. The van der Waals surface area contributed by atoms with Crippen LogP contribution in [0.2, 0.25) is 15.1 Å². The van der Waals surface area contributed by atoms with Crippen molar-refractivity contribution in [1.82, 2.24) is 10.2 Å². The first kappa shape index (κ1) is 34.8. The Labute approximate surface area is 291 Å². The molecule has 1 atom stereocenters. The van der Waals surface area contributed by atoms with Gasteiger partial charge in [-0.25, -0.2) is 8.42 Å². The smallest absolute Gasteiger partial charge is 0.264 e. The highest BCUT2D eigenvalue weighted by Crippen LogP contribution is 2.32. The number of halogens is 3. The van der Waals surface area contributed by atoms with Crippen LogP contribution < -0.4 is 9.62 Å². The van der Waals surface area contributed by atoms with Crippen LogP contribution in [0.15, 0.2) is 102 Å². The molecule has 2 amide bonds. The van der Waals surface area contributed by atoms with Crippen LogP contribution in [0.4, 0.5) is 5.69 Å². The standard InChI is InChI=1S/C36H36Cl3N3O4S/c1-25-18-20-28(21-19-25)47(45,46)42(33-17-8-7-14-32(33)39)24-35(43)41(23-29-30(37)15-9-16-31(29)38)34(22-26-10-3-2-4-11-26)36(44)40-27-12-5-6-13-27/h2-4,7-11,14-21,27,34H,5-6,12-13,22-24H2,1H3,(H,40,44)/t34-/m0/s1. The van der Waals surface area contributed by atoms with Gasteiger partial charge in [-0.1, -0.05) is 114 Å². The third kappa shape index (κ3) is 8.49. The number of benzene rings is 4. The van der Waals surface area contributed by atoms with Gasteiger partial charge in [0.2, 0.25) is 11.8 Å². The van der Waals surface area contributed by atoms with Crippen LogP contribution >= 0.6 is 34.8 Å². The maximum atomic E-state index is 14.7. The number of carbonyl (C=O) groups excluding carboxylic acids is 2. The number of carbonyl (C=O) groups is 2. The summed E-state index contributed by atoms with van der Waals surface area (Å²) in [4.78, 5) is 30.2. The second-order valence-electron chi connectivity index (χ2n) is 11.7. The van der Waals surface area contributed by atoms with E-state index in [0.29, 0.717) is 15.6 Å². The molecule has 1 aliphatic rings. The predicted molar refractivity (Wildman–Crippen MR) is 189 cm³/mol. The lowest BCUT2D eigenvalue weighted by atomic mass is 10.0. The summed E-state index contributed by atoms with van der Waals surface area (Å²) in [6.07, 6.45) is 3.90. The summed E-state index contributed by atoms with van der Waals surface area (Å²) in [7, 11) is -4.29. The Bertz CT molecular complexity index is 1790. The van der Waals surface area contributed by atoms with E-state index < -0.39 is 28.5 Å². The van der Waals surface area contributed by atoms with E-state index >= 15 is 0 Å². The molecule has 0 bridgehead atoms.